The molecule has 1 aromatic rings. The number of nitrogens with one attached hydrogen (secondary N) is 1. The molecule has 1 aliphatic rings. The van der Waals surface area contributed by atoms with Gasteiger partial charge < -0.3 is 15.2 Å². The van der Waals surface area contributed by atoms with Gasteiger partial charge in [0, 0.05) is 23.9 Å². The number of carbonyl (C=O) groups excluding carboxylic acids is 1. The predicted molar refractivity (Wildman–Crippen MR) is 80.9 cm³/mol. The fourth-order valence-electron chi connectivity index (χ4n) is 2.60. The number of aliphatic carboxylic acids is 1. The van der Waals surface area contributed by atoms with Crippen LogP contribution < -0.4 is 5.32 Å². The molecule has 1 aliphatic carbocycles. The second-order valence-corrected chi connectivity index (χ2v) is 6.53. The van der Waals surface area contributed by atoms with Crippen LogP contribution in [0.3, 0.4) is 0 Å². The first-order chi connectivity index (χ1) is 10.0. The average Bonchev–Trinajstić information content (AvgIpc) is 2.85. The summed E-state index contributed by atoms with van der Waals surface area (Å²) in [5.74, 6) is -0.381. The second-order valence-electron chi connectivity index (χ2n) is 5.56. The SMILES string of the molecule is COC(CNC(=O)c1csc2c1CCC(C)C2)CC(=O)O. The van der Waals surface area contributed by atoms with E-state index in [1.54, 1.807) is 11.3 Å². The lowest BCUT2D eigenvalue weighted by Crippen LogP contribution is -2.34. The van der Waals surface area contributed by atoms with Crippen LogP contribution in [0.5, 0.6) is 0 Å². The zero-order chi connectivity index (χ0) is 15.4. The number of carbonyl (C=O) groups is 2. The van der Waals surface area contributed by atoms with Gasteiger partial charge in [-0.3, -0.25) is 9.59 Å². The third-order valence-corrected chi connectivity index (χ3v) is 4.92. The number of rotatable bonds is 6. The van der Waals surface area contributed by atoms with Crippen molar-refractivity contribution >= 4 is 23.2 Å². The van der Waals surface area contributed by atoms with E-state index in [0.717, 1.165) is 24.8 Å². The molecule has 2 unspecified atom stereocenters. The lowest BCUT2D eigenvalue weighted by molar-refractivity contribution is -0.139. The number of amides is 1. The van der Waals surface area contributed by atoms with E-state index < -0.39 is 12.1 Å². The van der Waals surface area contributed by atoms with Crippen LogP contribution in [0.15, 0.2) is 5.38 Å². The van der Waals surface area contributed by atoms with Crippen LogP contribution in [0.25, 0.3) is 0 Å². The summed E-state index contributed by atoms with van der Waals surface area (Å²) in [6.07, 6.45) is 2.50. The molecule has 0 radical (unpaired) electrons. The number of carboxylic acid groups (broad SMARTS) is 1. The standard InChI is InChI=1S/C15H21NO4S/c1-9-3-4-11-12(8-21-13(11)5-9)15(19)16-7-10(20-2)6-14(17)18/h8-10H,3-7H2,1-2H3,(H,16,19)(H,17,18). The van der Waals surface area contributed by atoms with E-state index in [1.165, 1.54) is 17.6 Å². The van der Waals surface area contributed by atoms with E-state index in [4.69, 9.17) is 9.84 Å². The number of hydrogen-bond acceptors (Lipinski definition) is 4. The fraction of sp³-hybridized carbons (Fsp3) is 0.600. The van der Waals surface area contributed by atoms with Crippen molar-refractivity contribution in [3.8, 4) is 0 Å². The Balaban J connectivity index is 1.96. The maximum atomic E-state index is 12.3. The molecule has 2 rings (SSSR count). The van der Waals surface area contributed by atoms with Crippen molar-refractivity contribution in [3.63, 3.8) is 0 Å². The molecule has 2 N–H and O–H groups in total. The Morgan fingerprint density at radius 3 is 3.00 bits per heavy atom. The van der Waals surface area contributed by atoms with Crippen molar-refractivity contribution in [1.82, 2.24) is 5.32 Å². The van der Waals surface area contributed by atoms with Crippen molar-refractivity contribution < 1.29 is 19.4 Å². The molecule has 0 aliphatic heterocycles. The Kier molecular flexibility index (Phi) is 5.36. The Morgan fingerprint density at radius 1 is 1.57 bits per heavy atom. The van der Waals surface area contributed by atoms with Gasteiger partial charge in [0.15, 0.2) is 0 Å². The van der Waals surface area contributed by atoms with E-state index in [9.17, 15) is 9.59 Å². The molecule has 0 fully saturated rings. The Morgan fingerprint density at radius 2 is 2.33 bits per heavy atom. The molecule has 1 amide bonds. The maximum Gasteiger partial charge on any atom is 0.306 e. The lowest BCUT2D eigenvalue weighted by Gasteiger charge is -2.19. The molecule has 0 bridgehead atoms. The highest BCUT2D eigenvalue weighted by atomic mass is 32.1. The highest BCUT2D eigenvalue weighted by Gasteiger charge is 2.23. The first-order valence-corrected chi connectivity index (χ1v) is 8.01. The molecule has 1 heterocycles. The van der Waals surface area contributed by atoms with Crippen LogP contribution >= 0.6 is 11.3 Å². The molecular formula is C15H21NO4S. The van der Waals surface area contributed by atoms with Gasteiger partial charge in [0.05, 0.1) is 18.1 Å². The summed E-state index contributed by atoms with van der Waals surface area (Å²) in [4.78, 5) is 24.2. The van der Waals surface area contributed by atoms with Crippen molar-refractivity contribution in [1.29, 1.82) is 0 Å². The molecule has 0 aromatic carbocycles. The third kappa shape index (κ3) is 4.04. The summed E-state index contributed by atoms with van der Waals surface area (Å²) in [6, 6.07) is 0. The molecular weight excluding hydrogens is 290 g/mol. The quantitative estimate of drug-likeness (QED) is 0.843. The van der Waals surface area contributed by atoms with Crippen LogP contribution in [-0.2, 0) is 22.4 Å². The summed E-state index contributed by atoms with van der Waals surface area (Å²) in [6.45, 7) is 2.44. The highest BCUT2D eigenvalue weighted by Crippen LogP contribution is 2.32. The van der Waals surface area contributed by atoms with E-state index in [2.05, 4.69) is 12.2 Å². The van der Waals surface area contributed by atoms with E-state index in [-0.39, 0.29) is 18.9 Å². The molecule has 2 atom stereocenters. The van der Waals surface area contributed by atoms with E-state index in [1.807, 2.05) is 5.38 Å². The van der Waals surface area contributed by atoms with Crippen LogP contribution in [0.4, 0.5) is 0 Å². The summed E-state index contributed by atoms with van der Waals surface area (Å²) in [5, 5.41) is 13.5. The molecule has 0 saturated carbocycles. The summed E-state index contributed by atoms with van der Waals surface area (Å²) < 4.78 is 5.06. The molecule has 0 saturated heterocycles. The predicted octanol–water partition coefficient (Wildman–Crippen LogP) is 2.09. The van der Waals surface area contributed by atoms with E-state index in [0.29, 0.717) is 5.92 Å². The Labute approximate surface area is 128 Å². The van der Waals surface area contributed by atoms with Gasteiger partial charge in [-0.2, -0.15) is 0 Å². The minimum atomic E-state index is -0.932. The van der Waals surface area contributed by atoms with Gasteiger partial charge >= 0.3 is 5.97 Å². The molecule has 5 nitrogen and oxygen atoms in total. The molecule has 1 aromatic heterocycles. The average molecular weight is 311 g/mol. The monoisotopic (exact) mass is 311 g/mol. The van der Waals surface area contributed by atoms with Crippen molar-refractivity contribution in [3.05, 3.63) is 21.4 Å². The van der Waals surface area contributed by atoms with Crippen LogP contribution in [0, 0.1) is 5.92 Å². The van der Waals surface area contributed by atoms with Gasteiger partial charge in [-0.1, -0.05) is 6.92 Å². The van der Waals surface area contributed by atoms with Gasteiger partial charge in [0.2, 0.25) is 0 Å². The molecule has 0 spiro atoms. The number of hydrogen-bond donors (Lipinski definition) is 2. The third-order valence-electron chi connectivity index (χ3n) is 3.87. The molecule has 116 valence electrons. The summed E-state index contributed by atoms with van der Waals surface area (Å²) in [7, 11) is 1.45. The smallest absolute Gasteiger partial charge is 0.306 e. The first-order valence-electron chi connectivity index (χ1n) is 7.13. The number of thiophene rings is 1. The van der Waals surface area contributed by atoms with Gasteiger partial charge in [0.25, 0.3) is 5.91 Å². The number of carboxylic acids is 1. The van der Waals surface area contributed by atoms with Crippen LogP contribution in [-0.4, -0.2) is 36.7 Å². The van der Waals surface area contributed by atoms with Crippen LogP contribution in [0.1, 0.15) is 40.6 Å². The zero-order valence-corrected chi connectivity index (χ0v) is 13.2. The lowest BCUT2D eigenvalue weighted by atomic mass is 9.88. The second kappa shape index (κ2) is 7.04. The van der Waals surface area contributed by atoms with Gasteiger partial charge in [0.1, 0.15) is 0 Å². The normalized spacial score (nSPS) is 18.9. The van der Waals surface area contributed by atoms with Crippen molar-refractivity contribution in [2.75, 3.05) is 13.7 Å². The minimum absolute atomic E-state index is 0.115. The van der Waals surface area contributed by atoms with Crippen LogP contribution in [0.2, 0.25) is 0 Å². The Bertz CT molecular complexity index is 526. The summed E-state index contributed by atoms with van der Waals surface area (Å²) >= 11 is 1.65. The topological polar surface area (TPSA) is 75.6 Å². The number of fused-ring (bicyclic) bond motifs is 1. The zero-order valence-electron chi connectivity index (χ0n) is 12.3. The van der Waals surface area contributed by atoms with E-state index >= 15 is 0 Å². The minimum Gasteiger partial charge on any atom is -0.481 e. The van der Waals surface area contributed by atoms with Crippen molar-refractivity contribution in [2.45, 2.75) is 38.7 Å². The maximum absolute atomic E-state index is 12.3. The largest absolute Gasteiger partial charge is 0.481 e. The van der Waals surface area contributed by atoms with Crippen molar-refractivity contribution in [2.24, 2.45) is 5.92 Å². The fourth-order valence-corrected chi connectivity index (χ4v) is 3.85. The number of ether oxygens (including phenoxy) is 1. The first kappa shape index (κ1) is 16.0. The van der Waals surface area contributed by atoms with Gasteiger partial charge in [-0.05, 0) is 30.7 Å². The van der Waals surface area contributed by atoms with Gasteiger partial charge in [-0.15, -0.1) is 11.3 Å². The van der Waals surface area contributed by atoms with Gasteiger partial charge in [-0.25, -0.2) is 0 Å². The summed E-state index contributed by atoms with van der Waals surface area (Å²) in [5.41, 5.74) is 1.91. The molecule has 6 heteroatoms. The molecule has 21 heavy (non-hydrogen) atoms. The highest BCUT2D eigenvalue weighted by molar-refractivity contribution is 7.10. The number of methoxy groups -OCH3 is 1. The Hall–Kier alpha value is -1.40.